The zero-order valence-electron chi connectivity index (χ0n) is 10.9. The standard InChI is InChI=1S/C13H18ClN3O2/c1-15-7-9-3-2-6-17(8-9)11-5-4-10(14)12(16-11)13(18)19/h4-5,9,15H,2-3,6-8H2,1H3,(H,18,19). The lowest BCUT2D eigenvalue weighted by Crippen LogP contribution is -2.39. The van der Waals surface area contributed by atoms with Crippen LogP contribution in [0.1, 0.15) is 23.3 Å². The predicted octanol–water partition coefficient (Wildman–Crippen LogP) is 1.87. The fraction of sp³-hybridized carbons (Fsp3) is 0.538. The number of hydrogen-bond acceptors (Lipinski definition) is 4. The number of nitrogens with zero attached hydrogens (tertiary/aromatic N) is 2. The minimum atomic E-state index is -1.09. The molecule has 0 spiro atoms. The fourth-order valence-corrected chi connectivity index (χ4v) is 2.67. The highest BCUT2D eigenvalue weighted by molar-refractivity contribution is 6.33. The van der Waals surface area contributed by atoms with Crippen molar-refractivity contribution in [2.45, 2.75) is 12.8 Å². The fourth-order valence-electron chi connectivity index (χ4n) is 2.49. The normalized spacial score (nSPS) is 19.5. The van der Waals surface area contributed by atoms with Gasteiger partial charge in [-0.15, -0.1) is 0 Å². The third-order valence-electron chi connectivity index (χ3n) is 3.37. The molecule has 1 aliphatic rings. The average Bonchev–Trinajstić information content (AvgIpc) is 2.39. The largest absolute Gasteiger partial charge is 0.476 e. The molecule has 0 saturated carbocycles. The number of pyridine rings is 1. The molecule has 1 fully saturated rings. The molecule has 1 atom stereocenters. The van der Waals surface area contributed by atoms with Gasteiger partial charge in [-0.3, -0.25) is 0 Å². The number of aromatic nitrogens is 1. The number of carboxylic acids is 1. The van der Waals surface area contributed by atoms with E-state index in [-0.39, 0.29) is 10.7 Å². The molecule has 6 heteroatoms. The van der Waals surface area contributed by atoms with E-state index in [1.165, 1.54) is 6.42 Å². The first-order valence-electron chi connectivity index (χ1n) is 6.41. The number of halogens is 1. The van der Waals surface area contributed by atoms with Gasteiger partial charge in [-0.2, -0.15) is 0 Å². The predicted molar refractivity (Wildman–Crippen MR) is 75.1 cm³/mol. The van der Waals surface area contributed by atoms with Gasteiger partial charge in [-0.25, -0.2) is 9.78 Å². The number of rotatable bonds is 4. The highest BCUT2D eigenvalue weighted by atomic mass is 35.5. The van der Waals surface area contributed by atoms with E-state index >= 15 is 0 Å². The first kappa shape index (κ1) is 14.1. The number of carbonyl (C=O) groups is 1. The summed E-state index contributed by atoms with van der Waals surface area (Å²) < 4.78 is 0. The summed E-state index contributed by atoms with van der Waals surface area (Å²) in [6.07, 6.45) is 2.29. The summed E-state index contributed by atoms with van der Waals surface area (Å²) in [5.74, 6) is 0.183. The van der Waals surface area contributed by atoms with E-state index in [2.05, 4.69) is 15.2 Å². The van der Waals surface area contributed by atoms with E-state index < -0.39 is 5.97 Å². The summed E-state index contributed by atoms with van der Waals surface area (Å²) in [5.41, 5.74) is -0.0742. The molecule has 0 radical (unpaired) electrons. The van der Waals surface area contributed by atoms with Crippen molar-refractivity contribution in [3.8, 4) is 0 Å². The van der Waals surface area contributed by atoms with Crippen molar-refractivity contribution in [1.29, 1.82) is 0 Å². The maximum absolute atomic E-state index is 11.0. The van der Waals surface area contributed by atoms with Crippen LogP contribution in [-0.2, 0) is 0 Å². The Kier molecular flexibility index (Phi) is 4.61. The second-order valence-electron chi connectivity index (χ2n) is 4.82. The van der Waals surface area contributed by atoms with Crippen LogP contribution in [0.3, 0.4) is 0 Å². The molecule has 0 aliphatic carbocycles. The molecule has 2 heterocycles. The molecule has 0 aromatic carbocycles. The van der Waals surface area contributed by atoms with Crippen LogP contribution in [-0.4, -0.2) is 42.7 Å². The van der Waals surface area contributed by atoms with Gasteiger partial charge in [0.15, 0.2) is 5.69 Å². The van der Waals surface area contributed by atoms with Gasteiger partial charge in [-0.05, 0) is 44.5 Å². The molecule has 1 aromatic rings. The van der Waals surface area contributed by atoms with Crippen LogP contribution in [0.2, 0.25) is 5.02 Å². The summed E-state index contributed by atoms with van der Waals surface area (Å²) in [7, 11) is 1.95. The van der Waals surface area contributed by atoms with Crippen LogP contribution < -0.4 is 10.2 Å². The first-order valence-corrected chi connectivity index (χ1v) is 6.79. The van der Waals surface area contributed by atoms with Gasteiger partial charge >= 0.3 is 5.97 Å². The van der Waals surface area contributed by atoms with Gasteiger partial charge in [0.25, 0.3) is 0 Å². The molecule has 1 unspecified atom stereocenters. The highest BCUT2D eigenvalue weighted by Crippen LogP contribution is 2.24. The summed E-state index contributed by atoms with van der Waals surface area (Å²) in [4.78, 5) is 17.3. The van der Waals surface area contributed by atoms with E-state index in [1.54, 1.807) is 12.1 Å². The molecule has 1 aliphatic heterocycles. The topological polar surface area (TPSA) is 65.5 Å². The van der Waals surface area contributed by atoms with E-state index in [9.17, 15) is 4.79 Å². The number of aromatic carboxylic acids is 1. The number of carboxylic acid groups (broad SMARTS) is 1. The van der Waals surface area contributed by atoms with Crippen LogP contribution in [0.15, 0.2) is 12.1 Å². The minimum absolute atomic E-state index is 0.0742. The third kappa shape index (κ3) is 3.36. The van der Waals surface area contributed by atoms with Crippen molar-refractivity contribution in [2.24, 2.45) is 5.92 Å². The zero-order chi connectivity index (χ0) is 13.8. The van der Waals surface area contributed by atoms with Crippen LogP contribution >= 0.6 is 11.6 Å². The Morgan fingerprint density at radius 1 is 1.63 bits per heavy atom. The highest BCUT2D eigenvalue weighted by Gasteiger charge is 2.22. The van der Waals surface area contributed by atoms with Gasteiger partial charge in [0.2, 0.25) is 0 Å². The molecule has 0 amide bonds. The second-order valence-corrected chi connectivity index (χ2v) is 5.22. The number of piperidine rings is 1. The molecule has 1 aromatic heterocycles. The van der Waals surface area contributed by atoms with Crippen LogP contribution in [0, 0.1) is 5.92 Å². The Hall–Kier alpha value is -1.33. The van der Waals surface area contributed by atoms with E-state index in [0.29, 0.717) is 11.7 Å². The van der Waals surface area contributed by atoms with E-state index in [0.717, 1.165) is 26.1 Å². The summed E-state index contributed by atoms with van der Waals surface area (Å²) in [5, 5.41) is 12.4. The van der Waals surface area contributed by atoms with Crippen LogP contribution in [0.5, 0.6) is 0 Å². The lowest BCUT2D eigenvalue weighted by atomic mass is 9.98. The van der Waals surface area contributed by atoms with Gasteiger partial charge in [-0.1, -0.05) is 11.6 Å². The van der Waals surface area contributed by atoms with Crippen molar-refractivity contribution in [1.82, 2.24) is 10.3 Å². The Balaban J connectivity index is 2.17. The summed E-state index contributed by atoms with van der Waals surface area (Å²) in [6, 6.07) is 3.39. The van der Waals surface area contributed by atoms with Gasteiger partial charge in [0.1, 0.15) is 5.82 Å². The Bertz CT molecular complexity index is 465. The Morgan fingerprint density at radius 2 is 2.42 bits per heavy atom. The lowest BCUT2D eigenvalue weighted by Gasteiger charge is -2.33. The van der Waals surface area contributed by atoms with Crippen LogP contribution in [0.25, 0.3) is 0 Å². The third-order valence-corrected chi connectivity index (χ3v) is 3.67. The van der Waals surface area contributed by atoms with Crippen LogP contribution in [0.4, 0.5) is 5.82 Å². The minimum Gasteiger partial charge on any atom is -0.476 e. The molecule has 104 valence electrons. The molecule has 2 rings (SSSR count). The van der Waals surface area contributed by atoms with Gasteiger partial charge < -0.3 is 15.3 Å². The number of nitrogens with one attached hydrogen (secondary N) is 1. The molecule has 19 heavy (non-hydrogen) atoms. The molecule has 0 bridgehead atoms. The molecular formula is C13H18ClN3O2. The van der Waals surface area contributed by atoms with E-state index in [4.69, 9.17) is 16.7 Å². The SMILES string of the molecule is CNCC1CCCN(c2ccc(Cl)c(C(=O)O)n2)C1. The first-order chi connectivity index (χ1) is 9.11. The Labute approximate surface area is 117 Å². The van der Waals surface area contributed by atoms with Gasteiger partial charge in [0.05, 0.1) is 5.02 Å². The summed E-state index contributed by atoms with van der Waals surface area (Å²) >= 11 is 5.84. The maximum atomic E-state index is 11.0. The van der Waals surface area contributed by atoms with Crippen molar-refractivity contribution < 1.29 is 9.90 Å². The smallest absolute Gasteiger partial charge is 0.356 e. The van der Waals surface area contributed by atoms with Crippen molar-refractivity contribution in [3.63, 3.8) is 0 Å². The lowest BCUT2D eigenvalue weighted by molar-refractivity contribution is 0.0691. The summed E-state index contributed by atoms with van der Waals surface area (Å²) in [6.45, 7) is 2.78. The van der Waals surface area contributed by atoms with Gasteiger partial charge in [0, 0.05) is 13.1 Å². The van der Waals surface area contributed by atoms with Crippen molar-refractivity contribution >= 4 is 23.4 Å². The zero-order valence-corrected chi connectivity index (χ0v) is 11.7. The molecule has 2 N–H and O–H groups in total. The van der Waals surface area contributed by atoms with Crippen molar-refractivity contribution in [2.75, 3.05) is 31.6 Å². The molecular weight excluding hydrogens is 266 g/mol. The van der Waals surface area contributed by atoms with E-state index in [1.807, 2.05) is 7.05 Å². The van der Waals surface area contributed by atoms with Crippen molar-refractivity contribution in [3.05, 3.63) is 22.8 Å². The quantitative estimate of drug-likeness (QED) is 0.883. The number of anilines is 1. The number of hydrogen-bond donors (Lipinski definition) is 2. The Morgan fingerprint density at radius 3 is 3.11 bits per heavy atom. The molecule has 5 nitrogen and oxygen atoms in total. The monoisotopic (exact) mass is 283 g/mol. The average molecular weight is 284 g/mol. The maximum Gasteiger partial charge on any atom is 0.356 e. The second kappa shape index (κ2) is 6.21. The molecule has 1 saturated heterocycles.